The van der Waals surface area contributed by atoms with Crippen molar-refractivity contribution in [2.45, 2.75) is 38.4 Å². The first kappa shape index (κ1) is 20.3. The Hall–Kier alpha value is -2.99. The van der Waals surface area contributed by atoms with E-state index in [4.69, 9.17) is 31.2 Å². The third-order valence-corrected chi connectivity index (χ3v) is 5.95. The van der Waals surface area contributed by atoms with Crippen molar-refractivity contribution >= 4 is 29.9 Å². The van der Waals surface area contributed by atoms with Crippen molar-refractivity contribution in [3.05, 3.63) is 40.3 Å². The summed E-state index contributed by atoms with van der Waals surface area (Å²) < 4.78 is 12.4. The van der Waals surface area contributed by atoms with Crippen molar-refractivity contribution in [3.63, 3.8) is 0 Å². The minimum absolute atomic E-state index is 0.0737. The maximum Gasteiger partial charge on any atom is 0.268 e. The van der Waals surface area contributed by atoms with Gasteiger partial charge in [0.15, 0.2) is 11.5 Å². The summed E-state index contributed by atoms with van der Waals surface area (Å²) in [6, 6.07) is 5.65. The number of aryl methyl sites for hydroxylation is 1. The predicted octanol–water partition coefficient (Wildman–Crippen LogP) is 3.76. The lowest BCUT2D eigenvalue weighted by Crippen LogP contribution is -2.10. The fraction of sp³-hybridized carbons (Fsp3) is 0.400. The van der Waals surface area contributed by atoms with Gasteiger partial charge in [-0.25, -0.2) is 15.2 Å². The summed E-state index contributed by atoms with van der Waals surface area (Å²) in [4.78, 5) is 9.21. The van der Waals surface area contributed by atoms with E-state index in [0.29, 0.717) is 29.0 Å². The van der Waals surface area contributed by atoms with Crippen LogP contribution in [-0.4, -0.2) is 40.5 Å². The lowest BCUT2D eigenvalue weighted by Gasteiger charge is -2.13. The van der Waals surface area contributed by atoms with Crippen LogP contribution in [0.3, 0.4) is 0 Å². The van der Waals surface area contributed by atoms with Crippen molar-refractivity contribution in [1.82, 2.24) is 19.6 Å². The zero-order chi connectivity index (χ0) is 21.3. The van der Waals surface area contributed by atoms with Gasteiger partial charge < -0.3 is 14.8 Å². The molecular formula is C20H22BClN6O2. The Morgan fingerprint density at radius 3 is 2.87 bits per heavy atom. The summed E-state index contributed by atoms with van der Waals surface area (Å²) in [5.41, 5.74) is 2.39. The summed E-state index contributed by atoms with van der Waals surface area (Å²) in [5.74, 6) is 5.22. The highest BCUT2D eigenvalue weighted by atomic mass is 35.5. The second-order valence-corrected chi connectivity index (χ2v) is 7.78. The predicted molar refractivity (Wildman–Crippen MR) is 116 cm³/mol. The van der Waals surface area contributed by atoms with Crippen molar-refractivity contribution in [2.75, 3.05) is 19.5 Å². The van der Waals surface area contributed by atoms with Crippen LogP contribution in [-0.2, 0) is 6.54 Å². The van der Waals surface area contributed by atoms with E-state index in [9.17, 15) is 5.26 Å². The summed E-state index contributed by atoms with van der Waals surface area (Å²) in [6.45, 7) is 2.42. The van der Waals surface area contributed by atoms with E-state index in [1.54, 1.807) is 18.7 Å². The average Bonchev–Trinajstić information content (AvgIpc) is 3.42. The van der Waals surface area contributed by atoms with Gasteiger partial charge in [0.1, 0.15) is 16.7 Å². The van der Waals surface area contributed by atoms with Gasteiger partial charge in [0.05, 0.1) is 14.2 Å². The van der Waals surface area contributed by atoms with Crippen LogP contribution in [0.5, 0.6) is 11.5 Å². The number of ether oxygens (including phenoxy) is 2. The molecule has 30 heavy (non-hydrogen) atoms. The fourth-order valence-electron chi connectivity index (χ4n) is 3.83. The molecule has 154 valence electrons. The van der Waals surface area contributed by atoms with E-state index < -0.39 is 0 Å². The monoisotopic (exact) mass is 424 g/mol. The number of nitriles is 1. The molecule has 1 fully saturated rings. The third kappa shape index (κ3) is 3.75. The molecule has 2 aromatic heterocycles. The van der Waals surface area contributed by atoms with Crippen LogP contribution < -0.4 is 14.8 Å². The Kier molecular flexibility index (Phi) is 5.68. The van der Waals surface area contributed by atoms with Crippen LogP contribution in [0.15, 0.2) is 18.2 Å². The van der Waals surface area contributed by atoms with Crippen molar-refractivity contribution < 1.29 is 9.47 Å². The summed E-state index contributed by atoms with van der Waals surface area (Å²) in [7, 11) is 3.24. The molecule has 1 aliphatic heterocycles. The van der Waals surface area contributed by atoms with Crippen molar-refractivity contribution in [2.24, 2.45) is 0 Å². The summed E-state index contributed by atoms with van der Waals surface area (Å²) in [5, 5.41) is 17.6. The molecule has 3 aromatic rings. The number of methoxy groups -OCH3 is 2. The number of anilines is 1. The number of hydrogen-bond donors (Lipinski definition) is 1. The van der Waals surface area contributed by atoms with Crippen LogP contribution >= 0.6 is 11.6 Å². The Bertz CT molecular complexity index is 1130. The van der Waals surface area contributed by atoms with Crippen molar-refractivity contribution in [3.8, 4) is 17.5 Å². The molecule has 1 atom stereocenters. The van der Waals surface area contributed by atoms with Gasteiger partial charge in [-0.05, 0) is 31.8 Å². The van der Waals surface area contributed by atoms with Crippen LogP contribution in [0.4, 0.5) is 5.95 Å². The highest BCUT2D eigenvalue weighted by molar-refractivity contribution is 6.67. The molecular weight excluding hydrogens is 403 g/mol. The van der Waals surface area contributed by atoms with Gasteiger partial charge in [0, 0.05) is 35.6 Å². The lowest BCUT2D eigenvalue weighted by molar-refractivity contribution is 0.391. The molecule has 0 spiro atoms. The molecule has 1 saturated heterocycles. The molecule has 4 rings (SSSR count). The quantitative estimate of drug-likeness (QED) is 0.475. The second kappa shape index (κ2) is 8.40. The van der Waals surface area contributed by atoms with Gasteiger partial charge in [-0.15, -0.1) is 5.10 Å². The Balaban J connectivity index is 1.64. The van der Waals surface area contributed by atoms with E-state index in [1.165, 1.54) is 0 Å². The molecule has 0 bridgehead atoms. The van der Waals surface area contributed by atoms with Gasteiger partial charge in [0.25, 0.3) is 6.71 Å². The largest absolute Gasteiger partial charge is 0.497 e. The van der Waals surface area contributed by atoms with E-state index in [0.717, 1.165) is 41.8 Å². The van der Waals surface area contributed by atoms with Gasteiger partial charge >= 0.3 is 0 Å². The molecule has 8 nitrogen and oxygen atoms in total. The number of hydrogen-bond acceptors (Lipinski definition) is 7. The molecule has 1 N–H and O–H groups in total. The smallest absolute Gasteiger partial charge is 0.268 e. The number of nitrogens with one attached hydrogen (secondary N) is 1. The van der Waals surface area contributed by atoms with Crippen LogP contribution in [0.2, 0.25) is 17.8 Å². The Morgan fingerprint density at radius 1 is 1.33 bits per heavy atom. The molecule has 0 aliphatic carbocycles. The zero-order valence-corrected chi connectivity index (χ0v) is 17.9. The molecule has 3 heterocycles. The number of fused-ring (bicyclic) bond motifs is 1. The number of benzene rings is 1. The first-order chi connectivity index (χ1) is 14.5. The molecule has 0 saturated carbocycles. The number of aromatic nitrogens is 4. The van der Waals surface area contributed by atoms with E-state index in [-0.39, 0.29) is 12.6 Å². The molecule has 1 unspecified atom stereocenters. The maximum atomic E-state index is 9.20. The second-order valence-electron chi connectivity index (χ2n) is 7.42. The molecule has 1 aliphatic rings. The first-order valence-electron chi connectivity index (χ1n) is 9.81. The van der Waals surface area contributed by atoms with E-state index >= 15 is 0 Å². The fourth-order valence-corrected chi connectivity index (χ4v) is 3.99. The summed E-state index contributed by atoms with van der Waals surface area (Å²) in [6.07, 6.45) is 2.59. The minimum Gasteiger partial charge on any atom is -0.497 e. The van der Waals surface area contributed by atoms with Gasteiger partial charge in [0.2, 0.25) is 5.95 Å². The molecule has 0 radical (unpaired) electrons. The normalized spacial score (nSPS) is 16.0. The molecule has 1 aromatic carbocycles. The lowest BCUT2D eigenvalue weighted by atomic mass is 9.50. The highest BCUT2D eigenvalue weighted by Gasteiger charge is 2.32. The summed E-state index contributed by atoms with van der Waals surface area (Å²) >= 11 is 6.37. The average molecular weight is 425 g/mol. The topological polar surface area (TPSA) is 97.4 Å². The van der Waals surface area contributed by atoms with Gasteiger partial charge in [-0.1, -0.05) is 17.9 Å². The van der Waals surface area contributed by atoms with E-state index in [2.05, 4.69) is 16.3 Å². The maximum absolute atomic E-state index is 9.20. The van der Waals surface area contributed by atoms with E-state index in [1.807, 2.05) is 25.1 Å². The minimum atomic E-state index is 0.0737. The number of nitrogens with zero attached hydrogens (tertiary/aromatic N) is 5. The van der Waals surface area contributed by atoms with Gasteiger partial charge in [-0.2, -0.15) is 4.52 Å². The SMILES string of the molecule is COc1ccc(CNc2nc(Cl)c(C)c3nc(C4CCB(C#N)C4)nn23)c(OC)c1. The zero-order valence-electron chi connectivity index (χ0n) is 17.1. The third-order valence-electron chi connectivity index (χ3n) is 5.58. The standard InChI is InChI=1S/C20H22BClN6O2/c1-12-17(22)25-20(24-10-14-4-5-15(29-2)8-16(14)30-3)28-19(12)26-18(27-28)13-6-7-21(9-13)11-23/h4-5,8,13H,6-7,9-10H2,1-3H3,(H,24,25). The molecule has 10 heteroatoms. The number of rotatable bonds is 6. The van der Waals surface area contributed by atoms with Crippen molar-refractivity contribution in [1.29, 1.82) is 5.26 Å². The van der Waals surface area contributed by atoms with Gasteiger partial charge in [-0.3, -0.25) is 0 Å². The van der Waals surface area contributed by atoms with Crippen LogP contribution in [0.25, 0.3) is 5.65 Å². The van der Waals surface area contributed by atoms with Crippen LogP contribution in [0, 0.1) is 18.2 Å². The Labute approximate surface area is 180 Å². The van der Waals surface area contributed by atoms with Crippen LogP contribution in [0.1, 0.15) is 29.3 Å². The Morgan fingerprint density at radius 2 is 2.17 bits per heavy atom. The highest BCUT2D eigenvalue weighted by Crippen LogP contribution is 2.34. The first-order valence-corrected chi connectivity index (χ1v) is 10.2. The number of halogens is 1. The molecule has 0 amide bonds.